The topological polar surface area (TPSA) is 0 Å². The van der Waals surface area contributed by atoms with E-state index < -0.39 is 0 Å². The van der Waals surface area contributed by atoms with E-state index in [9.17, 15) is 0 Å². The maximum atomic E-state index is 2.64. The molecule has 19 heavy (non-hydrogen) atoms. The van der Waals surface area contributed by atoms with Gasteiger partial charge in [0.05, 0.1) is 0 Å². The number of rotatable bonds is 0. The molecule has 6 atom stereocenters. The normalized spacial score (nSPS) is 50.2. The first kappa shape index (κ1) is 12.2. The highest BCUT2D eigenvalue weighted by Gasteiger charge is 2.79. The van der Waals surface area contributed by atoms with E-state index in [0.29, 0.717) is 16.2 Å². The van der Waals surface area contributed by atoms with Crippen LogP contribution in [0.3, 0.4) is 0 Å². The summed E-state index contributed by atoms with van der Waals surface area (Å²) in [6.07, 6.45) is 9.28. The minimum atomic E-state index is 0.350. The van der Waals surface area contributed by atoms with E-state index in [1.54, 1.807) is 5.57 Å². The fourth-order valence-electron chi connectivity index (χ4n) is 6.36. The molecule has 0 heteroatoms. The average Bonchev–Trinajstić information content (AvgIpc) is 2.58. The molecule has 2 fully saturated rings. The number of hydrogen-bond acceptors (Lipinski definition) is 0. The standard InChI is InChI=1S/C19H28/c1-17(2,3)15-9-11-7-8-13-14-10-12(11)16(15)19(13,14)18(4,5)6/h7-9,11-14,16H,10H2,1-6H3. The van der Waals surface area contributed by atoms with Gasteiger partial charge in [0.15, 0.2) is 0 Å². The lowest BCUT2D eigenvalue weighted by Crippen LogP contribution is -2.35. The Labute approximate surface area is 118 Å². The van der Waals surface area contributed by atoms with Gasteiger partial charge in [-0.3, -0.25) is 0 Å². The summed E-state index contributed by atoms with van der Waals surface area (Å²) in [6.45, 7) is 14.7. The second kappa shape index (κ2) is 3.05. The van der Waals surface area contributed by atoms with Crippen molar-refractivity contribution in [3.8, 4) is 0 Å². The van der Waals surface area contributed by atoms with E-state index in [1.165, 1.54) is 6.42 Å². The fraction of sp³-hybridized carbons (Fsp3) is 0.789. The summed E-state index contributed by atoms with van der Waals surface area (Å²) < 4.78 is 0. The Hall–Kier alpha value is -0.520. The molecule has 0 radical (unpaired) electrons. The molecular weight excluding hydrogens is 228 g/mol. The Kier molecular flexibility index (Phi) is 1.96. The van der Waals surface area contributed by atoms with Gasteiger partial charge in [0.2, 0.25) is 0 Å². The van der Waals surface area contributed by atoms with Gasteiger partial charge in [-0.15, -0.1) is 0 Å². The summed E-state index contributed by atoms with van der Waals surface area (Å²) in [5.41, 5.74) is 3.16. The Bertz CT molecular complexity index is 493. The van der Waals surface area contributed by atoms with Crippen LogP contribution in [-0.4, -0.2) is 0 Å². The molecule has 0 heterocycles. The SMILES string of the molecule is CC(C)(C)C1=CC2C=CC3C4CC2C1C34C(C)(C)C. The monoisotopic (exact) mass is 256 g/mol. The van der Waals surface area contributed by atoms with Crippen molar-refractivity contribution >= 4 is 0 Å². The summed E-state index contributed by atoms with van der Waals surface area (Å²) in [7, 11) is 0. The van der Waals surface area contributed by atoms with Crippen molar-refractivity contribution in [2.75, 3.05) is 0 Å². The molecule has 5 rings (SSSR count). The first-order valence-electron chi connectivity index (χ1n) is 8.09. The average molecular weight is 256 g/mol. The molecule has 0 N–H and O–H groups in total. The Balaban J connectivity index is 1.90. The molecule has 104 valence electrons. The highest BCUT2D eigenvalue weighted by molar-refractivity contribution is 5.44. The maximum Gasteiger partial charge on any atom is -0.00160 e. The van der Waals surface area contributed by atoms with Gasteiger partial charge >= 0.3 is 0 Å². The fourth-order valence-corrected chi connectivity index (χ4v) is 6.36. The van der Waals surface area contributed by atoms with Crippen molar-refractivity contribution in [1.29, 1.82) is 0 Å². The van der Waals surface area contributed by atoms with Gasteiger partial charge < -0.3 is 0 Å². The minimum absolute atomic E-state index is 0.350. The quantitative estimate of drug-likeness (QED) is 0.531. The highest BCUT2D eigenvalue weighted by Crippen LogP contribution is 2.84. The van der Waals surface area contributed by atoms with E-state index in [2.05, 4.69) is 59.8 Å². The summed E-state index contributed by atoms with van der Waals surface area (Å²) in [5.74, 6) is 4.40. The molecule has 0 aromatic carbocycles. The summed E-state index contributed by atoms with van der Waals surface area (Å²) in [6, 6.07) is 0. The lowest BCUT2D eigenvalue weighted by atomic mass is 9.62. The molecule has 0 saturated heterocycles. The van der Waals surface area contributed by atoms with Crippen LogP contribution in [0.25, 0.3) is 0 Å². The number of hydrogen-bond donors (Lipinski definition) is 0. The van der Waals surface area contributed by atoms with Crippen molar-refractivity contribution in [3.63, 3.8) is 0 Å². The van der Waals surface area contributed by atoms with Crippen molar-refractivity contribution in [1.82, 2.24) is 0 Å². The molecule has 0 aromatic heterocycles. The number of allylic oxidation sites excluding steroid dienone is 4. The zero-order valence-electron chi connectivity index (χ0n) is 13.3. The molecule has 6 unspecified atom stereocenters. The third-order valence-electron chi connectivity index (χ3n) is 6.87. The van der Waals surface area contributed by atoms with Crippen LogP contribution >= 0.6 is 0 Å². The van der Waals surface area contributed by atoms with Crippen LogP contribution in [-0.2, 0) is 0 Å². The van der Waals surface area contributed by atoms with E-state index in [1.807, 2.05) is 0 Å². The van der Waals surface area contributed by atoms with Gasteiger partial charge in [0.25, 0.3) is 0 Å². The molecule has 5 aliphatic rings. The molecule has 5 aliphatic carbocycles. The molecule has 0 aromatic rings. The molecule has 0 aliphatic heterocycles. The van der Waals surface area contributed by atoms with Crippen LogP contribution in [0.1, 0.15) is 48.0 Å². The summed E-state index contributed by atoms with van der Waals surface area (Å²) in [5, 5.41) is 0. The van der Waals surface area contributed by atoms with Crippen LogP contribution in [0.2, 0.25) is 0 Å². The van der Waals surface area contributed by atoms with Crippen LogP contribution in [0.4, 0.5) is 0 Å². The van der Waals surface area contributed by atoms with E-state index in [0.717, 1.165) is 29.6 Å². The molecule has 2 saturated carbocycles. The Morgan fingerprint density at radius 2 is 1.74 bits per heavy atom. The summed E-state index contributed by atoms with van der Waals surface area (Å²) >= 11 is 0. The van der Waals surface area contributed by atoms with Crippen molar-refractivity contribution in [3.05, 3.63) is 23.8 Å². The maximum absolute atomic E-state index is 2.64. The van der Waals surface area contributed by atoms with Gasteiger partial charge in [-0.25, -0.2) is 0 Å². The lowest BCUT2D eigenvalue weighted by molar-refractivity contribution is 0.117. The minimum Gasteiger partial charge on any atom is -0.0839 e. The second-order valence-electron chi connectivity index (χ2n) is 9.53. The highest BCUT2D eigenvalue weighted by atomic mass is 14.8. The van der Waals surface area contributed by atoms with Gasteiger partial charge in [-0.05, 0) is 52.3 Å². The Morgan fingerprint density at radius 3 is 2.32 bits per heavy atom. The van der Waals surface area contributed by atoms with Crippen LogP contribution in [0, 0.1) is 45.8 Å². The van der Waals surface area contributed by atoms with E-state index in [-0.39, 0.29) is 0 Å². The second-order valence-corrected chi connectivity index (χ2v) is 9.53. The van der Waals surface area contributed by atoms with E-state index >= 15 is 0 Å². The lowest BCUT2D eigenvalue weighted by Gasteiger charge is -2.41. The molecular formula is C19H28. The van der Waals surface area contributed by atoms with Gasteiger partial charge in [-0.1, -0.05) is 65.3 Å². The van der Waals surface area contributed by atoms with Crippen LogP contribution in [0.15, 0.2) is 23.8 Å². The predicted molar refractivity (Wildman–Crippen MR) is 80.6 cm³/mol. The zero-order chi connectivity index (χ0) is 13.8. The van der Waals surface area contributed by atoms with Crippen LogP contribution < -0.4 is 0 Å². The third-order valence-corrected chi connectivity index (χ3v) is 6.87. The predicted octanol–water partition coefficient (Wildman–Crippen LogP) is 5.07. The first-order valence-corrected chi connectivity index (χ1v) is 8.09. The molecule has 0 spiro atoms. The molecule has 0 amide bonds. The Morgan fingerprint density at radius 1 is 1.05 bits per heavy atom. The molecule has 6 bridgehead atoms. The van der Waals surface area contributed by atoms with Gasteiger partial charge in [0, 0.05) is 0 Å². The smallest absolute Gasteiger partial charge is 0.00160 e. The largest absolute Gasteiger partial charge is 0.0839 e. The van der Waals surface area contributed by atoms with Gasteiger partial charge in [-0.2, -0.15) is 0 Å². The molecule has 0 nitrogen and oxygen atoms in total. The van der Waals surface area contributed by atoms with Crippen LogP contribution in [0.5, 0.6) is 0 Å². The van der Waals surface area contributed by atoms with Crippen molar-refractivity contribution in [2.24, 2.45) is 45.8 Å². The van der Waals surface area contributed by atoms with E-state index in [4.69, 9.17) is 0 Å². The van der Waals surface area contributed by atoms with Crippen molar-refractivity contribution in [2.45, 2.75) is 48.0 Å². The summed E-state index contributed by atoms with van der Waals surface area (Å²) in [4.78, 5) is 0. The zero-order valence-corrected chi connectivity index (χ0v) is 13.3. The van der Waals surface area contributed by atoms with Gasteiger partial charge in [0.1, 0.15) is 0 Å². The van der Waals surface area contributed by atoms with Crippen molar-refractivity contribution < 1.29 is 0 Å². The third kappa shape index (κ3) is 1.18. The first-order chi connectivity index (χ1) is 8.69.